The molecule has 0 N–H and O–H groups in total. The fourth-order valence-corrected chi connectivity index (χ4v) is 14.3. The van der Waals surface area contributed by atoms with Crippen LogP contribution in [0, 0.1) is 23.7 Å². The highest BCUT2D eigenvalue weighted by Gasteiger charge is 2.61. The molecule has 0 atom stereocenters. The molecule has 2 nitrogen and oxygen atoms in total. The Morgan fingerprint density at radius 1 is 0.410 bits per heavy atom. The molecule has 8 aromatic carbocycles. The Labute approximate surface area is 359 Å². The average molecular weight is 802 g/mol. The molecule has 4 bridgehead atoms. The zero-order valence-electron chi connectivity index (χ0n) is 33.9. The molecule has 0 radical (unpaired) electrons. The Morgan fingerprint density at radius 3 is 1.89 bits per heavy atom. The zero-order chi connectivity index (χ0) is 39.8. The molecular formula is C58H43NOS. The van der Waals surface area contributed by atoms with Crippen molar-refractivity contribution >= 4 is 70.5 Å². The molecule has 0 aliphatic heterocycles. The average Bonchev–Trinajstić information content (AvgIpc) is 3.96. The van der Waals surface area contributed by atoms with Crippen LogP contribution in [0.25, 0.3) is 75.5 Å². The van der Waals surface area contributed by atoms with Crippen LogP contribution in [0.1, 0.15) is 43.2 Å². The van der Waals surface area contributed by atoms with Gasteiger partial charge in [-0.15, -0.1) is 11.3 Å². The maximum absolute atomic E-state index is 6.70. The van der Waals surface area contributed by atoms with Gasteiger partial charge in [0.05, 0.1) is 0 Å². The van der Waals surface area contributed by atoms with Crippen LogP contribution < -0.4 is 4.90 Å². The lowest BCUT2D eigenvalue weighted by molar-refractivity contribution is -0.0399. The number of furan rings is 1. The van der Waals surface area contributed by atoms with Gasteiger partial charge in [-0.3, -0.25) is 0 Å². The Hall–Kier alpha value is -6.42. The van der Waals surface area contributed by atoms with Crippen molar-refractivity contribution in [3.8, 4) is 33.4 Å². The minimum absolute atomic E-state index is 0.194. The molecule has 4 saturated carbocycles. The highest BCUT2D eigenvalue weighted by atomic mass is 32.1. The van der Waals surface area contributed by atoms with Crippen LogP contribution in [0.5, 0.6) is 0 Å². The summed E-state index contributed by atoms with van der Waals surface area (Å²) in [7, 11) is 0. The van der Waals surface area contributed by atoms with Crippen molar-refractivity contribution in [1.82, 2.24) is 0 Å². The molecule has 0 unspecified atom stereocenters. The van der Waals surface area contributed by atoms with Crippen LogP contribution in [0.2, 0.25) is 0 Å². The van der Waals surface area contributed by atoms with E-state index in [1.165, 1.54) is 85.7 Å². The summed E-state index contributed by atoms with van der Waals surface area (Å²) in [5.74, 6) is 3.44. The topological polar surface area (TPSA) is 16.4 Å². The summed E-state index contributed by atoms with van der Waals surface area (Å²) in [4.78, 5) is 2.39. The van der Waals surface area contributed by atoms with Gasteiger partial charge in [0, 0.05) is 53.4 Å². The third-order valence-corrected chi connectivity index (χ3v) is 16.6. The minimum Gasteiger partial charge on any atom is -0.456 e. The van der Waals surface area contributed by atoms with Gasteiger partial charge in [0.15, 0.2) is 0 Å². The first-order chi connectivity index (χ1) is 30.2. The maximum Gasteiger partial charge on any atom is 0.136 e. The van der Waals surface area contributed by atoms with E-state index in [1.807, 2.05) is 11.3 Å². The van der Waals surface area contributed by atoms with Crippen molar-refractivity contribution in [1.29, 1.82) is 0 Å². The van der Waals surface area contributed by atoms with Crippen molar-refractivity contribution in [3.63, 3.8) is 0 Å². The van der Waals surface area contributed by atoms with E-state index in [4.69, 9.17) is 4.42 Å². The first-order valence-electron chi connectivity index (χ1n) is 22.2. The monoisotopic (exact) mass is 801 g/mol. The summed E-state index contributed by atoms with van der Waals surface area (Å²) in [5.41, 5.74) is 16.4. The van der Waals surface area contributed by atoms with E-state index in [9.17, 15) is 0 Å². The van der Waals surface area contributed by atoms with Crippen LogP contribution in [0.4, 0.5) is 17.1 Å². The highest BCUT2D eigenvalue weighted by molar-refractivity contribution is 7.25. The molecule has 15 rings (SSSR count). The SMILES string of the molecule is c1ccc(-c2ccc(N(c3ccc4c(c3)sc3ccccc34)c3ccc4oc5cc(-c6ccc7c(c6)-c6ccccc6C76C7CC8CC(C7)CC6C8)ccc5c4c3)cc2)cc1. The molecule has 61 heavy (non-hydrogen) atoms. The third-order valence-electron chi connectivity index (χ3n) is 15.5. The van der Waals surface area contributed by atoms with Crippen LogP contribution in [-0.2, 0) is 5.41 Å². The largest absolute Gasteiger partial charge is 0.456 e. The van der Waals surface area contributed by atoms with Crippen molar-refractivity contribution in [3.05, 3.63) is 187 Å². The number of anilines is 3. The van der Waals surface area contributed by atoms with Crippen LogP contribution in [-0.4, -0.2) is 0 Å². The van der Waals surface area contributed by atoms with Crippen molar-refractivity contribution in [2.45, 2.75) is 37.5 Å². The van der Waals surface area contributed by atoms with Crippen LogP contribution >= 0.6 is 11.3 Å². The van der Waals surface area contributed by atoms with Crippen molar-refractivity contribution in [2.24, 2.45) is 23.7 Å². The minimum atomic E-state index is 0.194. The standard InChI is InChI=1S/C58H43NOS/c1-2-8-37(9-3-1)38-14-18-43(19-15-38)59(45-20-23-49-48-11-5-7-13-56(48)61-57(49)34-45)44-21-25-54-51(33-44)47-22-16-40(32-55(47)60-54)39-17-24-53-50(31-39)46-10-4-6-12-52(46)58(53)41-27-35-26-36(29-41)30-42(58)28-35/h1-25,31-36,41-42H,26-30H2. The van der Waals surface area contributed by atoms with Gasteiger partial charge in [0.1, 0.15) is 11.2 Å². The second kappa shape index (κ2) is 12.8. The molecule has 0 amide bonds. The molecule has 2 aromatic heterocycles. The fourth-order valence-electron chi connectivity index (χ4n) is 13.2. The quantitative estimate of drug-likeness (QED) is 0.172. The molecule has 10 aromatic rings. The number of fused-ring (bicyclic) bond motifs is 9. The molecule has 3 heteroatoms. The number of hydrogen-bond donors (Lipinski definition) is 0. The van der Waals surface area contributed by atoms with Crippen LogP contribution in [0.15, 0.2) is 180 Å². The summed E-state index contributed by atoms with van der Waals surface area (Å²) in [6.45, 7) is 0. The normalized spacial score (nSPS) is 22.2. The Balaban J connectivity index is 0.866. The van der Waals surface area contributed by atoms with Crippen LogP contribution in [0.3, 0.4) is 0 Å². The Morgan fingerprint density at radius 2 is 1.03 bits per heavy atom. The van der Waals surface area contributed by atoms with Gasteiger partial charge in [-0.2, -0.15) is 0 Å². The summed E-state index contributed by atoms with van der Waals surface area (Å²) < 4.78 is 9.31. The second-order valence-electron chi connectivity index (χ2n) is 18.5. The van der Waals surface area contributed by atoms with E-state index in [-0.39, 0.29) is 5.41 Å². The second-order valence-corrected chi connectivity index (χ2v) is 19.6. The summed E-state index contributed by atoms with van der Waals surface area (Å²) in [6.07, 6.45) is 7.12. The number of thiophene rings is 1. The zero-order valence-corrected chi connectivity index (χ0v) is 34.7. The molecule has 5 aliphatic rings. The van der Waals surface area contributed by atoms with E-state index in [2.05, 4.69) is 181 Å². The van der Waals surface area contributed by atoms with E-state index >= 15 is 0 Å². The number of hydrogen-bond acceptors (Lipinski definition) is 3. The number of benzene rings is 8. The third kappa shape index (κ3) is 4.96. The van der Waals surface area contributed by atoms with Gasteiger partial charge in [0.25, 0.3) is 0 Å². The van der Waals surface area contributed by atoms with Gasteiger partial charge in [0.2, 0.25) is 0 Å². The summed E-state index contributed by atoms with van der Waals surface area (Å²) in [6, 6.07) is 65.7. The maximum atomic E-state index is 6.70. The Kier molecular flexibility index (Phi) is 7.20. The van der Waals surface area contributed by atoms with Gasteiger partial charge < -0.3 is 9.32 Å². The Bertz CT molecular complexity index is 3360. The summed E-state index contributed by atoms with van der Waals surface area (Å²) in [5, 5.41) is 4.88. The lowest BCUT2D eigenvalue weighted by Gasteiger charge is -2.61. The van der Waals surface area contributed by atoms with E-state index in [0.717, 1.165) is 62.7 Å². The van der Waals surface area contributed by atoms with Gasteiger partial charge in [-0.05, 0) is 167 Å². The summed E-state index contributed by atoms with van der Waals surface area (Å²) >= 11 is 1.86. The van der Waals surface area contributed by atoms with Crippen molar-refractivity contribution < 1.29 is 4.42 Å². The molecule has 0 saturated heterocycles. The van der Waals surface area contributed by atoms with Gasteiger partial charge in [-0.25, -0.2) is 0 Å². The molecule has 5 aliphatic carbocycles. The van der Waals surface area contributed by atoms with Gasteiger partial charge in [-0.1, -0.05) is 109 Å². The molecule has 1 spiro atoms. The lowest BCUT2D eigenvalue weighted by Crippen LogP contribution is -2.55. The van der Waals surface area contributed by atoms with E-state index < -0.39 is 0 Å². The highest BCUT2D eigenvalue weighted by Crippen LogP contribution is 2.69. The predicted octanol–water partition coefficient (Wildman–Crippen LogP) is 16.5. The molecule has 292 valence electrons. The first kappa shape index (κ1) is 34.3. The number of nitrogens with zero attached hydrogens (tertiary/aromatic N) is 1. The predicted molar refractivity (Wildman–Crippen MR) is 255 cm³/mol. The fraction of sp³-hybridized carbons (Fsp3) is 0.172. The number of rotatable bonds is 5. The lowest BCUT2D eigenvalue weighted by atomic mass is 9.43. The molecule has 4 fully saturated rings. The molecule has 2 heterocycles. The van der Waals surface area contributed by atoms with E-state index in [1.54, 1.807) is 11.1 Å². The van der Waals surface area contributed by atoms with Gasteiger partial charge >= 0.3 is 0 Å². The van der Waals surface area contributed by atoms with Crippen molar-refractivity contribution in [2.75, 3.05) is 4.90 Å². The first-order valence-corrected chi connectivity index (χ1v) is 23.1. The van der Waals surface area contributed by atoms with E-state index in [0.29, 0.717) is 0 Å². The smallest absolute Gasteiger partial charge is 0.136 e. The molecular weight excluding hydrogens is 759 g/mol.